The van der Waals surface area contributed by atoms with Gasteiger partial charge in [0.1, 0.15) is 6.10 Å². The summed E-state index contributed by atoms with van der Waals surface area (Å²) in [6.07, 6.45) is 9.22. The van der Waals surface area contributed by atoms with Crippen molar-refractivity contribution in [3.63, 3.8) is 0 Å². The van der Waals surface area contributed by atoms with E-state index >= 15 is 0 Å². The molecule has 0 aromatic heterocycles. The maximum absolute atomic E-state index is 5.20. The predicted molar refractivity (Wildman–Crippen MR) is 44.2 cm³/mol. The van der Waals surface area contributed by atoms with Crippen LogP contribution in [0.1, 0.15) is 0 Å². The fraction of sp³-hybridized carbons (Fsp3) is 0.333. The minimum atomic E-state index is 0.0694. The van der Waals surface area contributed by atoms with Crippen molar-refractivity contribution in [1.29, 1.82) is 0 Å². The second-order valence-corrected chi connectivity index (χ2v) is 2.21. The molecule has 0 saturated carbocycles. The Morgan fingerprint density at radius 3 is 3.09 bits per heavy atom. The lowest BCUT2D eigenvalue weighted by atomic mass is 10.3. The highest BCUT2D eigenvalue weighted by Gasteiger charge is 2.04. The lowest BCUT2D eigenvalue weighted by Crippen LogP contribution is -2.16. The van der Waals surface area contributed by atoms with Crippen LogP contribution in [0.5, 0.6) is 0 Å². The van der Waals surface area contributed by atoms with Gasteiger partial charge in [0.25, 0.3) is 0 Å². The van der Waals surface area contributed by atoms with Crippen molar-refractivity contribution >= 4 is 0 Å². The molecular formula is C9H12O2. The number of ether oxygens (including phenoxy) is 2. The molecule has 2 heteroatoms. The van der Waals surface area contributed by atoms with Gasteiger partial charge in [0.2, 0.25) is 0 Å². The zero-order valence-electron chi connectivity index (χ0n) is 6.40. The Kier molecular flexibility index (Phi) is 3.48. The van der Waals surface area contributed by atoms with Gasteiger partial charge in [-0.3, -0.25) is 0 Å². The Hall–Kier alpha value is -1.02. The molecule has 0 aromatic carbocycles. The normalized spacial score (nSPS) is 21.3. The van der Waals surface area contributed by atoms with E-state index in [0.717, 1.165) is 0 Å². The van der Waals surface area contributed by atoms with Gasteiger partial charge in [0.05, 0.1) is 19.5 Å². The van der Waals surface area contributed by atoms with Gasteiger partial charge in [-0.2, -0.15) is 0 Å². The van der Waals surface area contributed by atoms with Crippen LogP contribution >= 0.6 is 0 Å². The van der Waals surface area contributed by atoms with Crippen molar-refractivity contribution < 1.29 is 9.47 Å². The Morgan fingerprint density at radius 2 is 2.45 bits per heavy atom. The average Bonchev–Trinajstić information content (AvgIpc) is 2.07. The predicted octanol–water partition coefficient (Wildman–Crippen LogP) is 1.66. The largest absolute Gasteiger partial charge is 0.492 e. The van der Waals surface area contributed by atoms with E-state index in [4.69, 9.17) is 9.47 Å². The number of hydrogen-bond acceptors (Lipinski definition) is 2. The molecule has 1 aliphatic rings. The molecule has 1 heterocycles. The third-order valence-electron chi connectivity index (χ3n) is 1.29. The van der Waals surface area contributed by atoms with E-state index in [1.807, 2.05) is 18.2 Å². The highest BCUT2D eigenvalue weighted by atomic mass is 16.5. The standard InChI is InChI=1S/C9H12O2/c1-2-6-10-8-9-5-3-4-7-11-9/h2-5,7,9H,1,6,8H2. The smallest absolute Gasteiger partial charge is 0.139 e. The first-order valence-electron chi connectivity index (χ1n) is 3.61. The third-order valence-corrected chi connectivity index (χ3v) is 1.29. The molecule has 1 unspecified atom stereocenters. The molecule has 0 aromatic rings. The van der Waals surface area contributed by atoms with Crippen molar-refractivity contribution in [3.05, 3.63) is 37.1 Å². The lowest BCUT2D eigenvalue weighted by Gasteiger charge is -2.13. The van der Waals surface area contributed by atoms with Gasteiger partial charge in [0, 0.05) is 0 Å². The van der Waals surface area contributed by atoms with E-state index in [0.29, 0.717) is 13.2 Å². The Balaban J connectivity index is 2.12. The number of hydrogen-bond donors (Lipinski definition) is 0. The van der Waals surface area contributed by atoms with E-state index in [2.05, 4.69) is 6.58 Å². The zero-order chi connectivity index (χ0) is 7.94. The van der Waals surface area contributed by atoms with Crippen LogP contribution in [0.2, 0.25) is 0 Å². The average molecular weight is 152 g/mol. The summed E-state index contributed by atoms with van der Waals surface area (Å²) in [5.74, 6) is 0. The third kappa shape index (κ3) is 3.05. The molecule has 0 fully saturated rings. The van der Waals surface area contributed by atoms with Gasteiger partial charge in [-0.1, -0.05) is 12.2 Å². The summed E-state index contributed by atoms with van der Waals surface area (Å²) >= 11 is 0. The maximum atomic E-state index is 5.20. The summed E-state index contributed by atoms with van der Waals surface area (Å²) in [4.78, 5) is 0. The summed E-state index contributed by atoms with van der Waals surface area (Å²) < 4.78 is 10.4. The molecule has 60 valence electrons. The van der Waals surface area contributed by atoms with Crippen LogP contribution in [0.15, 0.2) is 37.1 Å². The molecule has 0 spiro atoms. The molecule has 0 bridgehead atoms. The fourth-order valence-electron chi connectivity index (χ4n) is 0.787. The van der Waals surface area contributed by atoms with E-state index < -0.39 is 0 Å². The van der Waals surface area contributed by atoms with Crippen molar-refractivity contribution in [2.45, 2.75) is 6.10 Å². The van der Waals surface area contributed by atoms with E-state index in [1.54, 1.807) is 12.3 Å². The molecule has 0 aliphatic carbocycles. The van der Waals surface area contributed by atoms with Crippen molar-refractivity contribution in [2.24, 2.45) is 0 Å². The van der Waals surface area contributed by atoms with Gasteiger partial charge in [-0.05, 0) is 12.2 Å². The first kappa shape index (κ1) is 8.08. The second kappa shape index (κ2) is 4.74. The molecule has 1 aliphatic heterocycles. The van der Waals surface area contributed by atoms with Crippen LogP contribution in [-0.2, 0) is 9.47 Å². The minimum absolute atomic E-state index is 0.0694. The quantitative estimate of drug-likeness (QED) is 0.450. The number of allylic oxidation sites excluding steroid dienone is 2. The topological polar surface area (TPSA) is 18.5 Å². The first-order chi connectivity index (χ1) is 5.43. The van der Waals surface area contributed by atoms with E-state index in [-0.39, 0.29) is 6.10 Å². The van der Waals surface area contributed by atoms with Crippen LogP contribution in [0.3, 0.4) is 0 Å². The van der Waals surface area contributed by atoms with E-state index in [9.17, 15) is 0 Å². The molecule has 0 saturated heterocycles. The second-order valence-electron chi connectivity index (χ2n) is 2.21. The zero-order valence-corrected chi connectivity index (χ0v) is 6.40. The molecule has 0 radical (unpaired) electrons. The maximum Gasteiger partial charge on any atom is 0.139 e. The van der Waals surface area contributed by atoms with Crippen molar-refractivity contribution in [3.8, 4) is 0 Å². The van der Waals surface area contributed by atoms with Crippen LogP contribution in [0.4, 0.5) is 0 Å². The van der Waals surface area contributed by atoms with Gasteiger partial charge in [-0.25, -0.2) is 0 Å². The van der Waals surface area contributed by atoms with Crippen molar-refractivity contribution in [2.75, 3.05) is 13.2 Å². The summed E-state index contributed by atoms with van der Waals surface area (Å²) in [7, 11) is 0. The summed E-state index contributed by atoms with van der Waals surface area (Å²) in [5, 5.41) is 0. The van der Waals surface area contributed by atoms with Gasteiger partial charge in [-0.15, -0.1) is 6.58 Å². The molecule has 1 rings (SSSR count). The Morgan fingerprint density at radius 1 is 1.55 bits per heavy atom. The van der Waals surface area contributed by atoms with E-state index in [1.165, 1.54) is 0 Å². The molecule has 0 amide bonds. The SMILES string of the molecule is C=CCOCC1C=CC=CO1. The highest BCUT2D eigenvalue weighted by Crippen LogP contribution is 2.02. The fourth-order valence-corrected chi connectivity index (χ4v) is 0.787. The Bertz CT molecular complexity index is 170. The number of rotatable bonds is 4. The molecule has 1 atom stereocenters. The summed E-state index contributed by atoms with van der Waals surface area (Å²) in [5.41, 5.74) is 0. The minimum Gasteiger partial charge on any atom is -0.492 e. The molecule has 11 heavy (non-hydrogen) atoms. The monoisotopic (exact) mass is 152 g/mol. The Labute approximate surface area is 66.8 Å². The molecule has 2 nitrogen and oxygen atoms in total. The van der Waals surface area contributed by atoms with Gasteiger partial charge in [0.15, 0.2) is 0 Å². The van der Waals surface area contributed by atoms with Gasteiger partial charge < -0.3 is 9.47 Å². The van der Waals surface area contributed by atoms with Crippen LogP contribution in [0.25, 0.3) is 0 Å². The van der Waals surface area contributed by atoms with Crippen LogP contribution in [0, 0.1) is 0 Å². The van der Waals surface area contributed by atoms with Crippen LogP contribution < -0.4 is 0 Å². The molecule has 0 N–H and O–H groups in total. The highest BCUT2D eigenvalue weighted by molar-refractivity contribution is 5.07. The molecular weight excluding hydrogens is 140 g/mol. The summed E-state index contributed by atoms with van der Waals surface area (Å²) in [6, 6.07) is 0. The first-order valence-corrected chi connectivity index (χ1v) is 3.61. The summed E-state index contributed by atoms with van der Waals surface area (Å²) in [6.45, 7) is 4.72. The van der Waals surface area contributed by atoms with Crippen molar-refractivity contribution in [1.82, 2.24) is 0 Å². The van der Waals surface area contributed by atoms with Gasteiger partial charge >= 0.3 is 0 Å². The van der Waals surface area contributed by atoms with Crippen LogP contribution in [-0.4, -0.2) is 19.3 Å². The lowest BCUT2D eigenvalue weighted by molar-refractivity contribution is 0.0624.